The summed E-state index contributed by atoms with van der Waals surface area (Å²) in [5, 5.41) is 1.19. The molecular weight excluding hydrogens is 532 g/mol. The number of carbonyl (C=O) groups excluding carboxylic acids is 3. The van der Waals surface area contributed by atoms with Crippen LogP contribution in [0.2, 0.25) is 0 Å². The molecule has 42 heavy (non-hydrogen) atoms. The second-order valence-corrected chi connectivity index (χ2v) is 10.5. The van der Waals surface area contributed by atoms with Gasteiger partial charge in [0.25, 0.3) is 0 Å². The average Bonchev–Trinajstić information content (AvgIpc) is 3.39. The number of ether oxygens (including phenoxy) is 2. The minimum absolute atomic E-state index is 0.0528. The van der Waals surface area contributed by atoms with Gasteiger partial charge in [-0.1, -0.05) is 117 Å². The minimum atomic E-state index is -0.759. The average molecular weight is 573 g/mol. The van der Waals surface area contributed by atoms with E-state index in [1.807, 2.05) is 91.0 Å². The Kier molecular flexibility index (Phi) is 12.1. The van der Waals surface area contributed by atoms with Gasteiger partial charge in [0.15, 0.2) is 0 Å². The van der Waals surface area contributed by atoms with Crippen molar-refractivity contribution in [3.63, 3.8) is 0 Å². The molecule has 0 radical (unpaired) electrons. The maximum atomic E-state index is 14.3. The number of amides is 3. The van der Waals surface area contributed by atoms with Crippen LogP contribution in [0.4, 0.5) is 4.79 Å². The number of imide groups is 1. The van der Waals surface area contributed by atoms with E-state index in [1.165, 1.54) is 9.96 Å². The van der Waals surface area contributed by atoms with Crippen molar-refractivity contribution >= 4 is 18.4 Å². The normalized spacial score (nSPS) is 16.1. The molecule has 0 unspecified atom stereocenters. The van der Waals surface area contributed by atoms with E-state index in [-0.39, 0.29) is 25.7 Å². The SMILES string of the molecule is CCCCC[C@@H](C(=O)N1C(=O)OC[C@@H]1Cc1ccccc1)[C@@H](COCc1ccccc1)N(C=O)OCc1ccccc1. The van der Waals surface area contributed by atoms with Gasteiger partial charge in [0.1, 0.15) is 13.2 Å². The molecule has 0 N–H and O–H groups in total. The van der Waals surface area contributed by atoms with Crippen LogP contribution in [-0.2, 0) is 43.5 Å². The largest absolute Gasteiger partial charge is 0.447 e. The first-order valence-corrected chi connectivity index (χ1v) is 14.7. The number of cyclic esters (lactones) is 1. The third-order valence-electron chi connectivity index (χ3n) is 7.47. The topological polar surface area (TPSA) is 85.4 Å². The van der Waals surface area contributed by atoms with Crippen LogP contribution in [0.5, 0.6) is 0 Å². The van der Waals surface area contributed by atoms with Crippen molar-refractivity contribution in [2.45, 2.75) is 64.3 Å². The zero-order chi connectivity index (χ0) is 29.6. The standard InChI is InChI=1S/C34H40N2O6/c1-2-3-7-20-31(33(38)36-30(24-41-34(36)39)21-27-14-8-4-9-15-27)32(25-40-22-28-16-10-5-11-17-28)35(26-37)42-23-29-18-12-6-13-19-29/h4-6,8-19,26,30-32H,2-3,7,20-25H2,1H3/t30-,31+,32+/m0/s1. The Morgan fingerprint density at radius 2 is 1.52 bits per heavy atom. The van der Waals surface area contributed by atoms with Crippen LogP contribution in [0.15, 0.2) is 91.0 Å². The number of carbonyl (C=O) groups is 3. The number of hydroxylamine groups is 2. The quantitative estimate of drug-likeness (QED) is 0.113. The summed E-state index contributed by atoms with van der Waals surface area (Å²) in [6.45, 7) is 2.72. The van der Waals surface area contributed by atoms with Crippen molar-refractivity contribution in [3.05, 3.63) is 108 Å². The minimum Gasteiger partial charge on any atom is -0.447 e. The summed E-state index contributed by atoms with van der Waals surface area (Å²) in [6.07, 6.45) is 3.51. The molecule has 3 aromatic carbocycles. The molecule has 0 bridgehead atoms. The first kappa shape index (κ1) is 30.9. The highest BCUT2D eigenvalue weighted by Crippen LogP contribution is 2.27. The zero-order valence-corrected chi connectivity index (χ0v) is 24.2. The van der Waals surface area contributed by atoms with Gasteiger partial charge in [-0.05, 0) is 29.5 Å². The van der Waals surface area contributed by atoms with E-state index in [0.717, 1.165) is 36.0 Å². The van der Waals surface area contributed by atoms with Crippen molar-refractivity contribution < 1.29 is 28.7 Å². The second-order valence-electron chi connectivity index (χ2n) is 10.5. The molecule has 3 amide bonds. The number of hydrogen-bond donors (Lipinski definition) is 0. The van der Waals surface area contributed by atoms with Gasteiger partial charge in [-0.2, -0.15) is 0 Å². The van der Waals surface area contributed by atoms with E-state index in [9.17, 15) is 14.4 Å². The van der Waals surface area contributed by atoms with E-state index < -0.39 is 24.1 Å². The van der Waals surface area contributed by atoms with Crippen molar-refractivity contribution in [1.29, 1.82) is 0 Å². The second kappa shape index (κ2) is 16.4. The van der Waals surface area contributed by atoms with Crippen LogP contribution in [0, 0.1) is 5.92 Å². The lowest BCUT2D eigenvalue weighted by Crippen LogP contribution is -2.52. The van der Waals surface area contributed by atoms with Crippen molar-refractivity contribution in [2.24, 2.45) is 5.92 Å². The number of benzene rings is 3. The Morgan fingerprint density at radius 3 is 2.12 bits per heavy atom. The van der Waals surface area contributed by atoms with E-state index in [2.05, 4.69) is 6.92 Å². The molecule has 0 aliphatic carbocycles. The van der Waals surface area contributed by atoms with Gasteiger partial charge in [0.05, 0.1) is 31.2 Å². The van der Waals surface area contributed by atoms with Crippen molar-refractivity contribution in [3.8, 4) is 0 Å². The molecule has 0 aromatic heterocycles. The Hall–Kier alpha value is -4.01. The fourth-order valence-corrected chi connectivity index (χ4v) is 5.21. The molecule has 4 rings (SSSR count). The van der Waals surface area contributed by atoms with E-state index in [4.69, 9.17) is 14.3 Å². The van der Waals surface area contributed by atoms with Gasteiger partial charge in [-0.25, -0.2) is 14.8 Å². The molecule has 8 nitrogen and oxygen atoms in total. The van der Waals surface area contributed by atoms with Crippen LogP contribution in [0.25, 0.3) is 0 Å². The number of nitrogens with zero attached hydrogens (tertiary/aromatic N) is 2. The molecule has 1 fully saturated rings. The Bertz CT molecular complexity index is 1240. The van der Waals surface area contributed by atoms with Gasteiger partial charge in [0.2, 0.25) is 12.3 Å². The number of hydrogen-bond acceptors (Lipinski definition) is 6. The summed E-state index contributed by atoms with van der Waals surface area (Å²) < 4.78 is 11.5. The maximum absolute atomic E-state index is 14.3. The van der Waals surface area contributed by atoms with Crippen molar-refractivity contribution in [1.82, 2.24) is 9.96 Å². The van der Waals surface area contributed by atoms with E-state index >= 15 is 0 Å². The fourth-order valence-electron chi connectivity index (χ4n) is 5.21. The summed E-state index contributed by atoms with van der Waals surface area (Å²) >= 11 is 0. The van der Waals surface area contributed by atoms with E-state index in [0.29, 0.717) is 25.9 Å². The zero-order valence-electron chi connectivity index (χ0n) is 24.2. The van der Waals surface area contributed by atoms with Crippen LogP contribution < -0.4 is 0 Å². The molecule has 1 heterocycles. The fraction of sp³-hybridized carbons (Fsp3) is 0.382. The van der Waals surface area contributed by atoms with Gasteiger partial charge in [0, 0.05) is 0 Å². The molecule has 3 atom stereocenters. The van der Waals surface area contributed by atoms with E-state index in [1.54, 1.807) is 0 Å². The lowest BCUT2D eigenvalue weighted by atomic mass is 9.91. The van der Waals surface area contributed by atoms with Gasteiger partial charge < -0.3 is 9.47 Å². The summed E-state index contributed by atoms with van der Waals surface area (Å²) in [4.78, 5) is 47.0. The molecule has 1 saturated heterocycles. The third-order valence-corrected chi connectivity index (χ3v) is 7.47. The van der Waals surface area contributed by atoms with Crippen molar-refractivity contribution in [2.75, 3.05) is 13.2 Å². The first-order valence-electron chi connectivity index (χ1n) is 14.7. The monoisotopic (exact) mass is 572 g/mol. The highest BCUT2D eigenvalue weighted by Gasteiger charge is 2.44. The lowest BCUT2D eigenvalue weighted by Gasteiger charge is -2.35. The smallest absolute Gasteiger partial charge is 0.416 e. The Labute approximate surface area is 248 Å². The molecule has 1 aliphatic heterocycles. The molecule has 3 aromatic rings. The molecule has 8 heteroatoms. The first-order chi connectivity index (χ1) is 20.6. The molecule has 0 saturated carbocycles. The number of unbranched alkanes of at least 4 members (excludes halogenated alkanes) is 2. The van der Waals surface area contributed by atoms with Crippen LogP contribution in [-0.4, -0.2) is 53.7 Å². The number of rotatable bonds is 17. The Balaban J connectivity index is 1.59. The molecule has 1 aliphatic rings. The molecule has 0 spiro atoms. The Morgan fingerprint density at radius 1 is 0.929 bits per heavy atom. The predicted octanol–water partition coefficient (Wildman–Crippen LogP) is 5.95. The van der Waals surface area contributed by atoms with Crippen LogP contribution >= 0.6 is 0 Å². The van der Waals surface area contributed by atoms with Gasteiger partial charge >= 0.3 is 6.09 Å². The summed E-state index contributed by atoms with van der Waals surface area (Å²) in [6, 6.07) is 27.7. The third kappa shape index (κ3) is 8.74. The highest BCUT2D eigenvalue weighted by molar-refractivity contribution is 5.95. The predicted molar refractivity (Wildman–Crippen MR) is 159 cm³/mol. The van der Waals surface area contributed by atoms with Gasteiger partial charge in [-0.15, -0.1) is 0 Å². The van der Waals surface area contributed by atoms with Crippen LogP contribution in [0.1, 0.15) is 49.3 Å². The highest BCUT2D eigenvalue weighted by atomic mass is 16.7. The summed E-state index contributed by atoms with van der Waals surface area (Å²) in [5.74, 6) is -1.12. The maximum Gasteiger partial charge on any atom is 0.416 e. The van der Waals surface area contributed by atoms with Crippen LogP contribution in [0.3, 0.4) is 0 Å². The molecular formula is C34H40N2O6. The lowest BCUT2D eigenvalue weighted by molar-refractivity contribution is -0.208. The van der Waals surface area contributed by atoms with Gasteiger partial charge in [-0.3, -0.25) is 14.4 Å². The summed E-state index contributed by atoms with van der Waals surface area (Å²) in [7, 11) is 0. The molecule has 222 valence electrons. The summed E-state index contributed by atoms with van der Waals surface area (Å²) in [5.41, 5.74) is 2.86.